The number of aliphatic carboxylic acids is 1. The number of aromatic nitrogens is 2. The van der Waals surface area contributed by atoms with E-state index >= 15 is 0 Å². The van der Waals surface area contributed by atoms with E-state index in [0.29, 0.717) is 34.1 Å². The first-order valence-corrected chi connectivity index (χ1v) is 15.8. The summed E-state index contributed by atoms with van der Waals surface area (Å²) in [7, 11) is 0. The Bertz CT molecular complexity index is 1360. The van der Waals surface area contributed by atoms with Crippen LogP contribution in [0.1, 0.15) is 112 Å². The lowest BCUT2D eigenvalue weighted by Crippen LogP contribution is -2.29. The van der Waals surface area contributed by atoms with Crippen molar-refractivity contribution in [3.05, 3.63) is 93.4 Å². The predicted octanol–water partition coefficient (Wildman–Crippen LogP) is 8.92. The van der Waals surface area contributed by atoms with E-state index in [1.807, 2.05) is 57.2 Å². The second-order valence-corrected chi connectivity index (χ2v) is 11.6. The quantitative estimate of drug-likeness (QED) is 0.236. The lowest BCUT2D eigenvalue weighted by Gasteiger charge is -2.27. The van der Waals surface area contributed by atoms with Gasteiger partial charge in [-0.25, -0.2) is 9.97 Å². The van der Waals surface area contributed by atoms with Crippen LogP contribution in [0.4, 0.5) is 5.82 Å². The summed E-state index contributed by atoms with van der Waals surface area (Å²) in [5, 5.41) is 9.51. The molecule has 1 heterocycles. The Kier molecular flexibility index (Phi) is 14.1. The zero-order valence-corrected chi connectivity index (χ0v) is 27.4. The van der Waals surface area contributed by atoms with Crippen molar-refractivity contribution in [3.8, 4) is 0 Å². The number of hydrogen-bond acceptors (Lipinski definition) is 5. The molecule has 0 aliphatic heterocycles. The monoisotopic (exact) mass is 605 g/mol. The fourth-order valence-electron chi connectivity index (χ4n) is 5.59. The second-order valence-electron chi connectivity index (χ2n) is 11.2. The molecule has 3 aromatic rings. The Morgan fingerprint density at radius 3 is 2.21 bits per heavy atom. The molecule has 1 fully saturated rings. The summed E-state index contributed by atoms with van der Waals surface area (Å²) in [6.45, 7) is 16.0. The van der Waals surface area contributed by atoms with Crippen molar-refractivity contribution in [3.63, 3.8) is 0 Å². The Morgan fingerprint density at radius 1 is 1.09 bits per heavy atom. The van der Waals surface area contributed by atoms with Gasteiger partial charge in [0.15, 0.2) is 5.82 Å². The van der Waals surface area contributed by atoms with Crippen LogP contribution in [-0.4, -0.2) is 27.3 Å². The number of benzene rings is 2. The lowest BCUT2D eigenvalue weighted by atomic mass is 9.76. The molecule has 0 bridgehead atoms. The van der Waals surface area contributed by atoms with Crippen LogP contribution in [0.2, 0.25) is 5.02 Å². The number of rotatable bonds is 9. The van der Waals surface area contributed by atoms with E-state index in [-0.39, 0.29) is 12.2 Å². The molecule has 0 amide bonds. The van der Waals surface area contributed by atoms with E-state index in [2.05, 4.69) is 23.5 Å². The first kappa shape index (κ1) is 35.7. The van der Waals surface area contributed by atoms with E-state index in [0.717, 1.165) is 34.5 Å². The summed E-state index contributed by atoms with van der Waals surface area (Å²) in [4.78, 5) is 32.3. The van der Waals surface area contributed by atoms with Crippen LogP contribution in [0.5, 0.6) is 0 Å². The maximum Gasteiger partial charge on any atom is 0.303 e. The minimum atomic E-state index is -1.07. The van der Waals surface area contributed by atoms with Gasteiger partial charge in [0, 0.05) is 28.3 Å². The number of carbonyl (C=O) groups is 2. The van der Waals surface area contributed by atoms with Crippen LogP contribution < -0.4 is 5.73 Å². The van der Waals surface area contributed by atoms with Crippen LogP contribution in [-0.2, 0) is 21.4 Å². The first-order chi connectivity index (χ1) is 20.5. The predicted molar refractivity (Wildman–Crippen MR) is 179 cm³/mol. The molecular formula is C36H48ClN3O3. The molecule has 0 saturated heterocycles. The third-order valence-corrected chi connectivity index (χ3v) is 8.37. The van der Waals surface area contributed by atoms with Gasteiger partial charge in [-0.1, -0.05) is 108 Å². The zero-order valence-electron chi connectivity index (χ0n) is 26.7. The highest BCUT2D eigenvalue weighted by Gasteiger charge is 2.34. The topological polar surface area (TPSA) is 106 Å². The number of carboxylic acids is 1. The highest BCUT2D eigenvalue weighted by atomic mass is 35.5. The van der Waals surface area contributed by atoms with Gasteiger partial charge in [-0.2, -0.15) is 0 Å². The molecule has 2 aromatic carbocycles. The minimum Gasteiger partial charge on any atom is -0.481 e. The molecule has 43 heavy (non-hydrogen) atoms. The summed E-state index contributed by atoms with van der Waals surface area (Å²) in [5.41, 5.74) is 10.4. The summed E-state index contributed by atoms with van der Waals surface area (Å²) in [5.74, 6) is 0.822. The molecule has 4 rings (SSSR count). The van der Waals surface area contributed by atoms with Crippen LogP contribution >= 0.6 is 11.6 Å². The van der Waals surface area contributed by atoms with Crippen molar-refractivity contribution >= 4 is 35.2 Å². The van der Waals surface area contributed by atoms with Gasteiger partial charge in [-0.3, -0.25) is 4.79 Å². The smallest absolute Gasteiger partial charge is 0.303 e. The van der Waals surface area contributed by atoms with Crippen molar-refractivity contribution in [1.82, 2.24) is 9.97 Å². The van der Waals surface area contributed by atoms with Gasteiger partial charge in [0.1, 0.15) is 12.1 Å². The van der Waals surface area contributed by atoms with Gasteiger partial charge in [0.25, 0.3) is 0 Å². The number of nitrogens with two attached hydrogens (primary N) is 1. The van der Waals surface area contributed by atoms with E-state index in [1.165, 1.54) is 38.5 Å². The summed E-state index contributed by atoms with van der Waals surface area (Å²) >= 11 is 6.06. The average molecular weight is 606 g/mol. The number of hydrogen-bond donors (Lipinski definition) is 2. The van der Waals surface area contributed by atoms with Gasteiger partial charge in [-0.15, -0.1) is 0 Å². The fourth-order valence-corrected chi connectivity index (χ4v) is 5.82. The number of carbonyl (C=O) groups excluding carboxylic acids is 1. The van der Waals surface area contributed by atoms with Crippen LogP contribution in [0.15, 0.2) is 49.0 Å². The van der Waals surface area contributed by atoms with Crippen molar-refractivity contribution in [2.75, 3.05) is 5.73 Å². The van der Waals surface area contributed by atoms with Crippen molar-refractivity contribution in [2.24, 2.45) is 5.92 Å². The zero-order chi connectivity index (χ0) is 32.2. The van der Waals surface area contributed by atoms with E-state index in [1.54, 1.807) is 19.9 Å². The molecule has 7 heteroatoms. The first-order valence-electron chi connectivity index (χ1n) is 15.4. The number of nitrogens with zero attached hydrogens (tertiary/aromatic N) is 2. The Balaban J connectivity index is 0.000000550. The third kappa shape index (κ3) is 9.49. The van der Waals surface area contributed by atoms with Gasteiger partial charge >= 0.3 is 5.97 Å². The molecule has 232 valence electrons. The van der Waals surface area contributed by atoms with Crippen molar-refractivity contribution in [1.29, 1.82) is 0 Å². The third-order valence-electron chi connectivity index (χ3n) is 8.14. The Morgan fingerprint density at radius 2 is 1.72 bits per heavy atom. The van der Waals surface area contributed by atoms with Gasteiger partial charge < -0.3 is 15.6 Å². The molecule has 1 aliphatic carbocycles. The number of carboxylic acid groups (broad SMARTS) is 1. The highest BCUT2D eigenvalue weighted by molar-refractivity contribution is 6.30. The Labute approximate surface area is 262 Å². The van der Waals surface area contributed by atoms with Crippen molar-refractivity contribution < 1.29 is 14.7 Å². The molecule has 0 spiro atoms. The lowest BCUT2D eigenvalue weighted by molar-refractivity contribution is -0.137. The maximum absolute atomic E-state index is 12.3. The van der Waals surface area contributed by atoms with E-state index in [4.69, 9.17) is 22.4 Å². The molecule has 3 N–H and O–H groups in total. The molecular weight excluding hydrogens is 558 g/mol. The number of aryl methyl sites for hydroxylation is 3. The molecule has 6 nitrogen and oxygen atoms in total. The van der Waals surface area contributed by atoms with Crippen LogP contribution in [0, 0.1) is 19.8 Å². The van der Waals surface area contributed by atoms with E-state index in [9.17, 15) is 9.59 Å². The maximum atomic E-state index is 12.3. The SMILES string of the molecule is C=C(c1nc(C)c([C@@](C)(C=O)c2ccc(CCC(=O)O)cc2)c(N)n1)c1ccc(Cl)cc1C.CC.CCC1CCCCC1. The van der Waals surface area contributed by atoms with E-state index < -0.39 is 11.4 Å². The van der Waals surface area contributed by atoms with Gasteiger partial charge in [0.05, 0.1) is 5.41 Å². The molecule has 1 atom stereocenters. The van der Waals surface area contributed by atoms with Gasteiger partial charge in [0.2, 0.25) is 0 Å². The Hall–Kier alpha value is -3.51. The number of aldehydes is 1. The van der Waals surface area contributed by atoms with Crippen LogP contribution in [0.3, 0.4) is 0 Å². The average Bonchev–Trinajstić information content (AvgIpc) is 3.01. The molecule has 1 aromatic heterocycles. The summed E-state index contributed by atoms with van der Waals surface area (Å²) < 4.78 is 0. The largest absolute Gasteiger partial charge is 0.481 e. The standard InChI is InChI=1S/C26H26ClN3O3.C8H16.C2H6/c1-15-13-20(27)10-11-21(15)16(2)25-29-17(3)23(24(28)30-25)26(4,14-31)19-8-5-18(6-9-19)7-12-22(32)33;1-2-8-6-4-3-5-7-8;1-2/h5-6,8-11,13-14H,2,7,12H2,1,3-4H3,(H,32,33)(H2,28,29,30);8H,2-7H2,1H3;1-2H3/t26-;;/m0../s1. The molecule has 1 aliphatic rings. The normalized spacial score (nSPS) is 14.3. The summed E-state index contributed by atoms with van der Waals surface area (Å²) in [6, 6.07) is 12.8. The van der Waals surface area contributed by atoms with Crippen LogP contribution in [0.25, 0.3) is 5.57 Å². The number of anilines is 1. The van der Waals surface area contributed by atoms with Gasteiger partial charge in [-0.05, 0) is 67.5 Å². The molecule has 1 saturated carbocycles. The molecule has 0 unspecified atom stereocenters. The summed E-state index contributed by atoms with van der Waals surface area (Å²) in [6.07, 6.45) is 10.2. The van der Waals surface area contributed by atoms with Crippen molar-refractivity contribution in [2.45, 2.75) is 98.3 Å². The number of nitrogen functional groups attached to an aromatic ring is 1. The highest BCUT2D eigenvalue weighted by Crippen LogP contribution is 2.36. The number of halogens is 1. The molecule has 0 radical (unpaired) electrons. The minimum absolute atomic E-state index is 0.0443. The second kappa shape index (κ2) is 17.0. The fraction of sp³-hybridized carbons (Fsp3) is 0.444.